The van der Waals surface area contributed by atoms with Crippen molar-refractivity contribution in [2.24, 2.45) is 0 Å². The highest BCUT2D eigenvalue weighted by Crippen LogP contribution is 2.22. The lowest BCUT2D eigenvalue weighted by Crippen LogP contribution is -2.31. The number of nitriles is 1. The second-order valence-electron chi connectivity index (χ2n) is 6.58. The van der Waals surface area contributed by atoms with Gasteiger partial charge in [-0.05, 0) is 42.3 Å². The largest absolute Gasteiger partial charge is 0.481 e. The number of rotatable bonds is 6. The third-order valence-corrected chi connectivity index (χ3v) is 4.52. The van der Waals surface area contributed by atoms with Crippen LogP contribution in [0.3, 0.4) is 0 Å². The van der Waals surface area contributed by atoms with E-state index in [-0.39, 0.29) is 12.1 Å². The zero-order valence-corrected chi connectivity index (χ0v) is 15.8. The molecule has 0 radical (unpaired) electrons. The number of pyridine rings is 1. The molecular formula is C23H19N3O3. The summed E-state index contributed by atoms with van der Waals surface area (Å²) in [7, 11) is 0. The Kier molecular flexibility index (Phi) is 6.00. The average Bonchev–Trinajstić information content (AvgIpc) is 2.73. The molecule has 6 nitrogen and oxygen atoms in total. The summed E-state index contributed by atoms with van der Waals surface area (Å²) in [4.78, 5) is 28.5. The number of carboxylic acids is 1. The third kappa shape index (κ3) is 4.85. The lowest BCUT2D eigenvalue weighted by Gasteiger charge is -2.19. The monoisotopic (exact) mass is 385 g/mol. The van der Waals surface area contributed by atoms with E-state index in [0.29, 0.717) is 11.3 Å². The summed E-state index contributed by atoms with van der Waals surface area (Å²) in [6, 6.07) is 20.7. The first kappa shape index (κ1) is 19.8. The lowest BCUT2D eigenvalue weighted by molar-refractivity contribution is -0.137. The molecule has 0 unspecified atom stereocenters. The van der Waals surface area contributed by atoms with Gasteiger partial charge < -0.3 is 10.4 Å². The number of aromatic nitrogens is 1. The number of aliphatic carboxylic acids is 1. The van der Waals surface area contributed by atoms with E-state index in [0.717, 1.165) is 16.7 Å². The smallest absolute Gasteiger partial charge is 0.305 e. The van der Waals surface area contributed by atoms with Gasteiger partial charge in [0, 0.05) is 5.56 Å². The van der Waals surface area contributed by atoms with Crippen molar-refractivity contribution >= 4 is 11.9 Å². The summed E-state index contributed by atoms with van der Waals surface area (Å²) in [6.45, 7) is 1.87. The van der Waals surface area contributed by atoms with Crippen molar-refractivity contribution in [3.05, 3.63) is 89.1 Å². The molecule has 0 aliphatic rings. The van der Waals surface area contributed by atoms with E-state index >= 15 is 0 Å². The SMILES string of the molecule is Cc1ccccc1[C@H](CC(=O)O)NC(=O)c1cccc(-c2cccc(C#N)c2)n1. The van der Waals surface area contributed by atoms with Gasteiger partial charge in [-0.15, -0.1) is 0 Å². The van der Waals surface area contributed by atoms with E-state index in [1.165, 1.54) is 0 Å². The van der Waals surface area contributed by atoms with Crippen LogP contribution in [0.5, 0.6) is 0 Å². The van der Waals surface area contributed by atoms with Gasteiger partial charge in [-0.2, -0.15) is 5.26 Å². The number of hydrogen-bond acceptors (Lipinski definition) is 4. The Hall–Kier alpha value is -3.98. The molecule has 3 rings (SSSR count). The highest BCUT2D eigenvalue weighted by atomic mass is 16.4. The number of amides is 1. The molecule has 0 saturated heterocycles. The van der Waals surface area contributed by atoms with E-state index < -0.39 is 17.9 Å². The maximum absolute atomic E-state index is 12.8. The molecule has 6 heteroatoms. The Balaban J connectivity index is 1.88. The molecule has 1 amide bonds. The van der Waals surface area contributed by atoms with Crippen LogP contribution < -0.4 is 5.32 Å². The summed E-state index contributed by atoms with van der Waals surface area (Å²) in [5.74, 6) is -1.47. The number of carboxylic acid groups (broad SMARTS) is 1. The highest BCUT2D eigenvalue weighted by Gasteiger charge is 2.21. The van der Waals surface area contributed by atoms with Crippen LogP contribution in [0.4, 0.5) is 0 Å². The van der Waals surface area contributed by atoms with Crippen LogP contribution in [-0.4, -0.2) is 22.0 Å². The van der Waals surface area contributed by atoms with Crippen LogP contribution in [-0.2, 0) is 4.79 Å². The van der Waals surface area contributed by atoms with Crippen molar-refractivity contribution in [3.8, 4) is 17.3 Å². The molecule has 0 spiro atoms. The summed E-state index contributed by atoms with van der Waals surface area (Å²) in [5, 5.41) is 21.1. The van der Waals surface area contributed by atoms with E-state index in [1.54, 1.807) is 42.5 Å². The number of benzene rings is 2. The number of aryl methyl sites for hydroxylation is 1. The molecule has 0 bridgehead atoms. The maximum Gasteiger partial charge on any atom is 0.305 e. The van der Waals surface area contributed by atoms with Crippen molar-refractivity contribution in [3.63, 3.8) is 0 Å². The first-order valence-corrected chi connectivity index (χ1v) is 9.03. The van der Waals surface area contributed by atoms with E-state index in [1.807, 2.05) is 31.2 Å². The van der Waals surface area contributed by atoms with Gasteiger partial charge in [-0.3, -0.25) is 9.59 Å². The van der Waals surface area contributed by atoms with Crippen LogP contribution in [0.1, 0.15) is 39.6 Å². The molecule has 1 heterocycles. The number of nitrogens with zero attached hydrogens (tertiary/aromatic N) is 2. The van der Waals surface area contributed by atoms with Gasteiger partial charge in [0.2, 0.25) is 0 Å². The first-order chi connectivity index (χ1) is 14.0. The van der Waals surface area contributed by atoms with E-state index in [2.05, 4.69) is 16.4 Å². The van der Waals surface area contributed by atoms with Crippen LogP contribution >= 0.6 is 0 Å². The number of carbonyl (C=O) groups excluding carboxylic acids is 1. The number of nitrogens with one attached hydrogen (secondary N) is 1. The van der Waals surface area contributed by atoms with Gasteiger partial charge in [0.1, 0.15) is 5.69 Å². The Labute approximate surface area is 168 Å². The number of hydrogen-bond donors (Lipinski definition) is 2. The summed E-state index contributed by atoms with van der Waals surface area (Å²) >= 11 is 0. The minimum atomic E-state index is -1.01. The van der Waals surface area contributed by atoms with Crippen molar-refractivity contribution in [1.29, 1.82) is 5.26 Å². The fourth-order valence-electron chi connectivity index (χ4n) is 3.09. The first-order valence-electron chi connectivity index (χ1n) is 9.03. The molecule has 3 aromatic rings. The van der Waals surface area contributed by atoms with Crippen molar-refractivity contribution in [1.82, 2.24) is 10.3 Å². The fourth-order valence-corrected chi connectivity index (χ4v) is 3.09. The average molecular weight is 385 g/mol. The predicted molar refractivity (Wildman–Crippen MR) is 108 cm³/mol. The van der Waals surface area contributed by atoms with Gasteiger partial charge in [0.05, 0.1) is 29.8 Å². The Morgan fingerprint density at radius 2 is 1.86 bits per heavy atom. The summed E-state index contributed by atoms with van der Waals surface area (Å²) < 4.78 is 0. The Morgan fingerprint density at radius 1 is 1.10 bits per heavy atom. The second kappa shape index (κ2) is 8.81. The molecular weight excluding hydrogens is 366 g/mol. The molecule has 0 aliphatic carbocycles. The summed E-state index contributed by atoms with van der Waals surface area (Å²) in [5.41, 5.74) is 3.60. The number of carbonyl (C=O) groups is 2. The minimum absolute atomic E-state index is 0.175. The van der Waals surface area contributed by atoms with E-state index in [4.69, 9.17) is 5.26 Å². The van der Waals surface area contributed by atoms with Crippen molar-refractivity contribution in [2.45, 2.75) is 19.4 Å². The Morgan fingerprint density at radius 3 is 2.59 bits per heavy atom. The van der Waals surface area contributed by atoms with Gasteiger partial charge in [-0.25, -0.2) is 4.98 Å². The molecule has 0 fully saturated rings. The molecule has 1 aromatic heterocycles. The normalized spacial score (nSPS) is 11.3. The molecule has 1 atom stereocenters. The van der Waals surface area contributed by atoms with Crippen molar-refractivity contribution < 1.29 is 14.7 Å². The van der Waals surface area contributed by atoms with Crippen LogP contribution in [0.2, 0.25) is 0 Å². The predicted octanol–water partition coefficient (Wildman–Crippen LogP) is 3.87. The standard InChI is InChI=1S/C23H19N3O3/c1-15-6-2-3-9-18(15)21(13-22(27)28)26-23(29)20-11-5-10-19(25-20)17-8-4-7-16(12-17)14-24/h2-12,21H,13H2,1H3,(H,26,29)(H,27,28)/t21-/m0/s1. The van der Waals surface area contributed by atoms with Gasteiger partial charge in [0.25, 0.3) is 5.91 Å². The zero-order chi connectivity index (χ0) is 20.8. The fraction of sp³-hybridized carbons (Fsp3) is 0.130. The molecule has 29 heavy (non-hydrogen) atoms. The maximum atomic E-state index is 12.8. The van der Waals surface area contributed by atoms with Crippen LogP contribution in [0.15, 0.2) is 66.7 Å². The van der Waals surface area contributed by atoms with Gasteiger partial charge in [-0.1, -0.05) is 42.5 Å². The Bertz CT molecular complexity index is 1100. The van der Waals surface area contributed by atoms with Crippen LogP contribution in [0.25, 0.3) is 11.3 Å². The molecule has 2 N–H and O–H groups in total. The van der Waals surface area contributed by atoms with Crippen molar-refractivity contribution in [2.75, 3.05) is 0 Å². The topological polar surface area (TPSA) is 103 Å². The van der Waals surface area contributed by atoms with Gasteiger partial charge >= 0.3 is 5.97 Å². The lowest BCUT2D eigenvalue weighted by atomic mass is 9.98. The highest BCUT2D eigenvalue weighted by molar-refractivity contribution is 5.93. The summed E-state index contributed by atoms with van der Waals surface area (Å²) in [6.07, 6.45) is -0.236. The van der Waals surface area contributed by atoms with E-state index in [9.17, 15) is 14.7 Å². The molecule has 0 saturated carbocycles. The zero-order valence-electron chi connectivity index (χ0n) is 15.8. The minimum Gasteiger partial charge on any atom is -0.481 e. The van der Waals surface area contributed by atoms with Gasteiger partial charge in [0.15, 0.2) is 0 Å². The molecule has 0 aliphatic heterocycles. The van der Waals surface area contributed by atoms with Crippen LogP contribution in [0, 0.1) is 18.3 Å². The molecule has 144 valence electrons. The second-order valence-corrected chi connectivity index (χ2v) is 6.58. The molecule has 2 aromatic carbocycles. The quantitative estimate of drug-likeness (QED) is 0.670. The third-order valence-electron chi connectivity index (χ3n) is 4.52.